The van der Waals surface area contributed by atoms with Gasteiger partial charge in [-0.3, -0.25) is 0 Å². The fourth-order valence-corrected chi connectivity index (χ4v) is 3.06. The topological polar surface area (TPSA) is 65.7 Å². The number of carbonyl (C=O) groups is 1. The highest BCUT2D eigenvalue weighted by Crippen LogP contribution is 2.30. The van der Waals surface area contributed by atoms with Crippen molar-refractivity contribution in [3.05, 3.63) is 87.8 Å². The molecule has 0 aliphatic rings. The molecule has 0 atom stereocenters. The van der Waals surface area contributed by atoms with Crippen LogP contribution in [0.1, 0.15) is 22.3 Å². The number of hydrogen-bond donors (Lipinski definition) is 0. The van der Waals surface area contributed by atoms with Gasteiger partial charge in [-0.05, 0) is 37.1 Å². The lowest BCUT2D eigenvalue weighted by molar-refractivity contribution is -0.144. The standard InChI is InChI=1S/C23H22O5/c1-4-12-26-21(24)14-27-20-11-10-18-15(2)19(13-17-8-6-5-7-9-17)23(25)28-22(18)16(20)3/h4-11H,1,12-14H2,2-3H3. The molecule has 3 rings (SSSR count). The quantitative estimate of drug-likeness (QED) is 0.352. The zero-order valence-corrected chi connectivity index (χ0v) is 16.0. The van der Waals surface area contributed by atoms with Crippen molar-refractivity contribution in [2.45, 2.75) is 20.3 Å². The Hall–Kier alpha value is -3.34. The number of aryl methyl sites for hydroxylation is 2. The van der Waals surface area contributed by atoms with E-state index in [1.165, 1.54) is 6.08 Å². The number of fused-ring (bicyclic) bond motifs is 1. The van der Waals surface area contributed by atoms with Crippen LogP contribution in [0.4, 0.5) is 0 Å². The first-order chi connectivity index (χ1) is 13.5. The van der Waals surface area contributed by atoms with Crippen LogP contribution in [0.5, 0.6) is 5.75 Å². The van der Waals surface area contributed by atoms with Crippen LogP contribution >= 0.6 is 0 Å². The summed E-state index contributed by atoms with van der Waals surface area (Å²) in [5.74, 6) is -0.0170. The summed E-state index contributed by atoms with van der Waals surface area (Å²) in [6.07, 6.45) is 2.00. The molecule has 1 aromatic heterocycles. The molecule has 0 N–H and O–H groups in total. The summed E-state index contributed by atoms with van der Waals surface area (Å²) in [4.78, 5) is 24.2. The minimum Gasteiger partial charge on any atom is -0.481 e. The van der Waals surface area contributed by atoms with Gasteiger partial charge in [0, 0.05) is 22.9 Å². The van der Waals surface area contributed by atoms with Gasteiger partial charge in [0.15, 0.2) is 6.61 Å². The zero-order chi connectivity index (χ0) is 20.1. The molecule has 0 amide bonds. The minimum absolute atomic E-state index is 0.136. The van der Waals surface area contributed by atoms with E-state index in [9.17, 15) is 9.59 Å². The van der Waals surface area contributed by atoms with E-state index in [0.29, 0.717) is 28.9 Å². The third kappa shape index (κ3) is 4.14. The second kappa shape index (κ2) is 8.57. The van der Waals surface area contributed by atoms with Crippen LogP contribution in [0, 0.1) is 13.8 Å². The Balaban J connectivity index is 1.91. The van der Waals surface area contributed by atoms with Gasteiger partial charge in [0.2, 0.25) is 0 Å². The van der Waals surface area contributed by atoms with Gasteiger partial charge >= 0.3 is 11.6 Å². The van der Waals surface area contributed by atoms with E-state index in [0.717, 1.165) is 16.5 Å². The van der Waals surface area contributed by atoms with Crippen molar-refractivity contribution in [1.29, 1.82) is 0 Å². The highest BCUT2D eigenvalue weighted by Gasteiger charge is 2.16. The molecule has 0 aliphatic carbocycles. The van der Waals surface area contributed by atoms with Gasteiger partial charge in [-0.1, -0.05) is 43.0 Å². The van der Waals surface area contributed by atoms with Gasteiger partial charge in [0.05, 0.1) is 0 Å². The summed E-state index contributed by atoms with van der Waals surface area (Å²) in [7, 11) is 0. The molecular weight excluding hydrogens is 356 g/mol. The fourth-order valence-electron chi connectivity index (χ4n) is 3.06. The molecule has 0 bridgehead atoms. The Morgan fingerprint density at radius 1 is 1.11 bits per heavy atom. The third-order valence-corrected chi connectivity index (χ3v) is 4.59. The highest BCUT2D eigenvalue weighted by atomic mass is 16.6. The van der Waals surface area contributed by atoms with Crippen LogP contribution < -0.4 is 10.4 Å². The maximum Gasteiger partial charge on any atom is 0.344 e. The summed E-state index contributed by atoms with van der Waals surface area (Å²) < 4.78 is 16.1. The summed E-state index contributed by atoms with van der Waals surface area (Å²) in [6, 6.07) is 13.4. The fraction of sp³-hybridized carbons (Fsp3) is 0.217. The maximum atomic E-state index is 12.6. The first-order valence-corrected chi connectivity index (χ1v) is 9.00. The van der Waals surface area contributed by atoms with Crippen LogP contribution in [-0.2, 0) is 16.0 Å². The van der Waals surface area contributed by atoms with E-state index in [1.807, 2.05) is 43.3 Å². The zero-order valence-electron chi connectivity index (χ0n) is 16.0. The molecule has 0 fully saturated rings. The molecule has 0 radical (unpaired) electrons. The van der Waals surface area contributed by atoms with Crippen LogP contribution in [0.2, 0.25) is 0 Å². The van der Waals surface area contributed by atoms with Gasteiger partial charge in [0.1, 0.15) is 17.9 Å². The van der Waals surface area contributed by atoms with E-state index in [4.69, 9.17) is 13.9 Å². The largest absolute Gasteiger partial charge is 0.481 e. The summed E-state index contributed by atoms with van der Waals surface area (Å²) in [6.45, 7) is 7.12. The molecule has 144 valence electrons. The molecule has 0 spiro atoms. The lowest BCUT2D eigenvalue weighted by Gasteiger charge is -2.13. The average molecular weight is 378 g/mol. The van der Waals surface area contributed by atoms with Crippen LogP contribution in [0.25, 0.3) is 11.0 Å². The smallest absolute Gasteiger partial charge is 0.344 e. The van der Waals surface area contributed by atoms with E-state index >= 15 is 0 Å². The van der Waals surface area contributed by atoms with Crippen molar-refractivity contribution in [2.24, 2.45) is 0 Å². The van der Waals surface area contributed by atoms with E-state index in [-0.39, 0.29) is 18.8 Å². The van der Waals surface area contributed by atoms with Crippen molar-refractivity contribution < 1.29 is 18.7 Å². The molecule has 1 heterocycles. The molecule has 0 saturated carbocycles. The third-order valence-electron chi connectivity index (χ3n) is 4.59. The van der Waals surface area contributed by atoms with Crippen molar-refractivity contribution >= 4 is 16.9 Å². The summed E-state index contributed by atoms with van der Waals surface area (Å²) in [5.41, 5.74) is 3.35. The minimum atomic E-state index is -0.491. The molecule has 0 unspecified atom stereocenters. The Labute approximate surface area is 163 Å². The summed E-state index contributed by atoms with van der Waals surface area (Å²) >= 11 is 0. The number of esters is 1. The maximum absolute atomic E-state index is 12.6. The predicted octanol–water partition coefficient (Wildman–Crippen LogP) is 4.11. The van der Waals surface area contributed by atoms with Gasteiger partial charge < -0.3 is 13.9 Å². The number of benzene rings is 2. The molecule has 5 heteroatoms. The Bertz CT molecular complexity index is 1060. The molecule has 28 heavy (non-hydrogen) atoms. The first kappa shape index (κ1) is 19.4. The number of ether oxygens (including phenoxy) is 2. The van der Waals surface area contributed by atoms with Gasteiger partial charge in [0.25, 0.3) is 0 Å². The average Bonchev–Trinajstić information content (AvgIpc) is 2.70. The van der Waals surface area contributed by atoms with Crippen molar-refractivity contribution in [1.82, 2.24) is 0 Å². The highest BCUT2D eigenvalue weighted by molar-refractivity contribution is 5.85. The summed E-state index contributed by atoms with van der Waals surface area (Å²) in [5, 5.41) is 0.851. The number of carbonyl (C=O) groups excluding carboxylic acids is 1. The second-order valence-electron chi connectivity index (χ2n) is 6.48. The molecule has 0 aliphatic heterocycles. The number of hydrogen-bond acceptors (Lipinski definition) is 5. The Kier molecular flexibility index (Phi) is 5.94. The lowest BCUT2D eigenvalue weighted by atomic mass is 9.98. The van der Waals surface area contributed by atoms with Crippen LogP contribution in [0.15, 0.2) is 64.3 Å². The van der Waals surface area contributed by atoms with Crippen molar-refractivity contribution in [3.63, 3.8) is 0 Å². The van der Waals surface area contributed by atoms with Gasteiger partial charge in [-0.25, -0.2) is 9.59 Å². The van der Waals surface area contributed by atoms with Gasteiger partial charge in [-0.2, -0.15) is 0 Å². The van der Waals surface area contributed by atoms with E-state index < -0.39 is 5.97 Å². The van der Waals surface area contributed by atoms with Crippen molar-refractivity contribution in [2.75, 3.05) is 13.2 Å². The van der Waals surface area contributed by atoms with E-state index in [2.05, 4.69) is 6.58 Å². The number of rotatable bonds is 7. The Morgan fingerprint density at radius 3 is 2.57 bits per heavy atom. The Morgan fingerprint density at radius 2 is 1.86 bits per heavy atom. The molecule has 0 saturated heterocycles. The molecular formula is C23H22O5. The monoisotopic (exact) mass is 378 g/mol. The first-order valence-electron chi connectivity index (χ1n) is 9.00. The second-order valence-corrected chi connectivity index (χ2v) is 6.48. The van der Waals surface area contributed by atoms with Crippen LogP contribution in [-0.4, -0.2) is 19.2 Å². The van der Waals surface area contributed by atoms with Gasteiger partial charge in [-0.15, -0.1) is 0 Å². The van der Waals surface area contributed by atoms with Crippen molar-refractivity contribution in [3.8, 4) is 5.75 Å². The van der Waals surface area contributed by atoms with E-state index in [1.54, 1.807) is 13.0 Å². The van der Waals surface area contributed by atoms with Crippen LogP contribution in [0.3, 0.4) is 0 Å². The molecule has 2 aromatic carbocycles. The molecule has 3 aromatic rings. The SMILES string of the molecule is C=CCOC(=O)COc1ccc2c(C)c(Cc3ccccc3)c(=O)oc2c1C. The lowest BCUT2D eigenvalue weighted by Crippen LogP contribution is -2.15. The predicted molar refractivity (Wildman–Crippen MR) is 108 cm³/mol. The normalized spacial score (nSPS) is 10.6. The molecule has 5 nitrogen and oxygen atoms in total.